The molecular weight excluding hydrogens is 321 g/mol. The molecule has 2 aromatic carbocycles. The lowest BCUT2D eigenvalue weighted by Crippen LogP contribution is -2.07. The molecular formula is C17H11ClFNO3. The summed E-state index contributed by atoms with van der Waals surface area (Å²) in [4.78, 5) is 15.8. The normalized spacial score (nSPS) is 10.5. The Morgan fingerprint density at radius 2 is 1.91 bits per heavy atom. The van der Waals surface area contributed by atoms with E-state index in [1.54, 1.807) is 30.3 Å². The van der Waals surface area contributed by atoms with E-state index in [2.05, 4.69) is 4.98 Å². The van der Waals surface area contributed by atoms with Gasteiger partial charge in [0.05, 0.1) is 11.8 Å². The largest absolute Gasteiger partial charge is 0.452 e. The first kappa shape index (κ1) is 15.2. The second-order valence-corrected chi connectivity index (χ2v) is 5.12. The lowest BCUT2D eigenvalue weighted by molar-refractivity contribution is 0.0433. The molecule has 0 saturated heterocycles. The zero-order valence-electron chi connectivity index (χ0n) is 11.8. The van der Waals surface area contributed by atoms with Crippen molar-refractivity contribution in [1.82, 2.24) is 4.98 Å². The monoisotopic (exact) mass is 331 g/mol. The first-order valence-corrected chi connectivity index (χ1v) is 7.13. The van der Waals surface area contributed by atoms with Crippen LogP contribution in [0.1, 0.15) is 16.2 Å². The number of carbonyl (C=O) groups excluding carboxylic acids is 1. The van der Waals surface area contributed by atoms with Gasteiger partial charge in [-0.05, 0) is 36.4 Å². The molecule has 4 nitrogen and oxygen atoms in total. The van der Waals surface area contributed by atoms with Gasteiger partial charge in [0.2, 0.25) is 5.89 Å². The van der Waals surface area contributed by atoms with Gasteiger partial charge in [0, 0.05) is 10.6 Å². The highest BCUT2D eigenvalue weighted by Gasteiger charge is 2.14. The van der Waals surface area contributed by atoms with Gasteiger partial charge in [-0.25, -0.2) is 14.2 Å². The van der Waals surface area contributed by atoms with E-state index in [1.807, 2.05) is 0 Å². The molecule has 0 aliphatic heterocycles. The smallest absolute Gasteiger partial charge is 0.341 e. The number of benzene rings is 2. The van der Waals surface area contributed by atoms with E-state index in [0.29, 0.717) is 10.8 Å². The first-order chi connectivity index (χ1) is 11.1. The minimum absolute atomic E-state index is 0.128. The second-order valence-electron chi connectivity index (χ2n) is 4.68. The van der Waals surface area contributed by atoms with Crippen molar-refractivity contribution in [2.45, 2.75) is 6.61 Å². The Hall–Kier alpha value is -2.66. The number of ether oxygens (including phenoxy) is 1. The van der Waals surface area contributed by atoms with Crippen molar-refractivity contribution in [1.29, 1.82) is 0 Å². The van der Waals surface area contributed by atoms with E-state index < -0.39 is 11.8 Å². The number of nitrogens with zero attached hydrogens (tertiary/aromatic N) is 1. The minimum Gasteiger partial charge on any atom is -0.452 e. The fourth-order valence-corrected chi connectivity index (χ4v) is 2.08. The van der Waals surface area contributed by atoms with Crippen LogP contribution in [0, 0.1) is 5.82 Å². The van der Waals surface area contributed by atoms with E-state index in [1.165, 1.54) is 24.4 Å². The van der Waals surface area contributed by atoms with Crippen molar-refractivity contribution >= 4 is 17.6 Å². The summed E-state index contributed by atoms with van der Waals surface area (Å²) in [5, 5.41) is 0.618. The van der Waals surface area contributed by atoms with Gasteiger partial charge in [-0.1, -0.05) is 23.7 Å². The number of halogens is 2. The highest BCUT2D eigenvalue weighted by atomic mass is 35.5. The standard InChI is InChI=1S/C17H11ClFNO3/c18-12-7-5-11(6-8-12)15-9-20-16(23-15)10-22-17(21)13-3-1-2-4-14(13)19/h1-9H,10H2. The van der Waals surface area contributed by atoms with Crippen LogP contribution in [-0.4, -0.2) is 11.0 Å². The van der Waals surface area contributed by atoms with Gasteiger partial charge in [-0.2, -0.15) is 0 Å². The van der Waals surface area contributed by atoms with Crippen LogP contribution < -0.4 is 0 Å². The van der Waals surface area contributed by atoms with Gasteiger partial charge < -0.3 is 9.15 Å². The Bertz CT molecular complexity index is 830. The summed E-state index contributed by atoms with van der Waals surface area (Å²) >= 11 is 5.83. The molecule has 0 amide bonds. The summed E-state index contributed by atoms with van der Waals surface area (Å²) in [7, 11) is 0. The van der Waals surface area contributed by atoms with E-state index in [9.17, 15) is 9.18 Å². The van der Waals surface area contributed by atoms with E-state index >= 15 is 0 Å². The highest BCUT2D eigenvalue weighted by molar-refractivity contribution is 6.30. The fraction of sp³-hybridized carbons (Fsp3) is 0.0588. The number of carbonyl (C=O) groups is 1. The van der Waals surface area contributed by atoms with Crippen LogP contribution in [0.2, 0.25) is 5.02 Å². The third kappa shape index (κ3) is 3.57. The lowest BCUT2D eigenvalue weighted by atomic mass is 10.2. The maximum Gasteiger partial charge on any atom is 0.341 e. The van der Waals surface area contributed by atoms with Gasteiger partial charge in [0.25, 0.3) is 0 Å². The van der Waals surface area contributed by atoms with Crippen LogP contribution in [-0.2, 0) is 11.3 Å². The molecule has 116 valence electrons. The molecule has 0 aliphatic carbocycles. The van der Waals surface area contributed by atoms with Crippen LogP contribution in [0.5, 0.6) is 0 Å². The number of esters is 1. The predicted molar refractivity (Wildman–Crippen MR) is 82.5 cm³/mol. The van der Waals surface area contributed by atoms with Gasteiger partial charge in [0.15, 0.2) is 12.4 Å². The number of oxazole rings is 1. The Kier molecular flexibility index (Phi) is 4.39. The predicted octanol–water partition coefficient (Wildman–Crippen LogP) is 4.49. The average Bonchev–Trinajstić information content (AvgIpc) is 3.03. The molecule has 6 heteroatoms. The zero-order valence-corrected chi connectivity index (χ0v) is 12.6. The molecule has 3 aromatic rings. The van der Waals surface area contributed by atoms with Crippen molar-refractivity contribution in [2.24, 2.45) is 0 Å². The van der Waals surface area contributed by atoms with E-state index in [4.69, 9.17) is 20.8 Å². The van der Waals surface area contributed by atoms with Gasteiger partial charge in [-0.15, -0.1) is 0 Å². The highest BCUT2D eigenvalue weighted by Crippen LogP contribution is 2.22. The number of rotatable bonds is 4. The first-order valence-electron chi connectivity index (χ1n) is 6.76. The molecule has 0 unspecified atom stereocenters. The molecule has 23 heavy (non-hydrogen) atoms. The summed E-state index contributed by atoms with van der Waals surface area (Å²) in [5.74, 6) is -0.653. The molecule has 0 N–H and O–H groups in total. The minimum atomic E-state index is -0.769. The Balaban J connectivity index is 1.67. The van der Waals surface area contributed by atoms with Crippen molar-refractivity contribution < 1.29 is 18.3 Å². The van der Waals surface area contributed by atoms with Crippen molar-refractivity contribution in [3.05, 3.63) is 77.0 Å². The van der Waals surface area contributed by atoms with E-state index in [-0.39, 0.29) is 18.1 Å². The molecule has 0 aliphatic rings. The van der Waals surface area contributed by atoms with Crippen molar-refractivity contribution in [3.63, 3.8) is 0 Å². The topological polar surface area (TPSA) is 52.3 Å². The number of hydrogen-bond donors (Lipinski definition) is 0. The number of aromatic nitrogens is 1. The molecule has 1 aromatic heterocycles. The quantitative estimate of drug-likeness (QED) is 0.661. The van der Waals surface area contributed by atoms with Crippen LogP contribution in [0.3, 0.4) is 0 Å². The molecule has 1 heterocycles. The second kappa shape index (κ2) is 6.62. The van der Waals surface area contributed by atoms with Crippen LogP contribution in [0.15, 0.2) is 59.1 Å². The average molecular weight is 332 g/mol. The SMILES string of the molecule is O=C(OCc1ncc(-c2ccc(Cl)cc2)o1)c1ccccc1F. The summed E-state index contributed by atoms with van der Waals surface area (Å²) in [6, 6.07) is 12.7. The maximum absolute atomic E-state index is 13.5. The molecule has 0 atom stereocenters. The van der Waals surface area contributed by atoms with Gasteiger partial charge in [0.1, 0.15) is 5.82 Å². The molecule has 0 spiro atoms. The summed E-state index contributed by atoms with van der Waals surface area (Å²) in [6.07, 6.45) is 1.52. The van der Waals surface area contributed by atoms with Gasteiger partial charge in [-0.3, -0.25) is 0 Å². The third-order valence-electron chi connectivity index (χ3n) is 3.10. The molecule has 0 fully saturated rings. The Labute approximate surface area is 136 Å². The summed E-state index contributed by atoms with van der Waals surface area (Å²) in [5.41, 5.74) is 0.672. The molecule has 0 radical (unpaired) electrons. The van der Waals surface area contributed by atoms with Crippen molar-refractivity contribution in [3.8, 4) is 11.3 Å². The fourth-order valence-electron chi connectivity index (χ4n) is 1.96. The van der Waals surface area contributed by atoms with Crippen LogP contribution in [0.25, 0.3) is 11.3 Å². The molecule has 0 bridgehead atoms. The molecule has 0 saturated carbocycles. The Morgan fingerprint density at radius 3 is 2.65 bits per heavy atom. The van der Waals surface area contributed by atoms with Crippen molar-refractivity contribution in [2.75, 3.05) is 0 Å². The lowest BCUT2D eigenvalue weighted by Gasteiger charge is -2.03. The van der Waals surface area contributed by atoms with Crippen LogP contribution in [0.4, 0.5) is 4.39 Å². The van der Waals surface area contributed by atoms with E-state index in [0.717, 1.165) is 5.56 Å². The summed E-state index contributed by atoms with van der Waals surface area (Å²) in [6.45, 7) is -0.180. The zero-order chi connectivity index (χ0) is 16.2. The summed E-state index contributed by atoms with van der Waals surface area (Å²) < 4.78 is 24.0. The molecule has 3 rings (SSSR count). The van der Waals surface area contributed by atoms with Crippen LogP contribution >= 0.6 is 11.6 Å². The number of hydrogen-bond acceptors (Lipinski definition) is 4. The van der Waals surface area contributed by atoms with Gasteiger partial charge >= 0.3 is 5.97 Å². The Morgan fingerprint density at radius 1 is 1.17 bits per heavy atom. The maximum atomic E-state index is 13.5. The third-order valence-corrected chi connectivity index (χ3v) is 3.35.